The van der Waals surface area contributed by atoms with E-state index in [-0.39, 0.29) is 19.0 Å². The number of rotatable bonds is 9. The fourth-order valence-electron chi connectivity index (χ4n) is 4.05. The van der Waals surface area contributed by atoms with Gasteiger partial charge in [0, 0.05) is 48.3 Å². The first-order valence-electron chi connectivity index (χ1n) is 12.4. The molecule has 1 amide bonds. The monoisotopic (exact) mass is 563 g/mol. The largest absolute Gasteiger partial charge is 0.484 e. The number of thiazole rings is 1. The second-order valence-electron chi connectivity index (χ2n) is 9.02. The van der Waals surface area contributed by atoms with Gasteiger partial charge in [0.15, 0.2) is 11.6 Å². The van der Waals surface area contributed by atoms with Crippen molar-refractivity contribution in [3.05, 3.63) is 65.9 Å². The van der Waals surface area contributed by atoms with E-state index in [9.17, 15) is 9.18 Å². The number of ether oxygens (including phenoxy) is 3. The van der Waals surface area contributed by atoms with Gasteiger partial charge in [-0.1, -0.05) is 0 Å². The van der Waals surface area contributed by atoms with E-state index in [1.54, 1.807) is 31.3 Å². The van der Waals surface area contributed by atoms with E-state index in [0.29, 0.717) is 45.2 Å². The highest BCUT2D eigenvalue weighted by atomic mass is 32.1. The van der Waals surface area contributed by atoms with Crippen molar-refractivity contribution in [2.75, 3.05) is 25.6 Å². The summed E-state index contributed by atoms with van der Waals surface area (Å²) in [5.41, 5.74) is 4.73. The van der Waals surface area contributed by atoms with Gasteiger partial charge in [0.05, 0.1) is 34.6 Å². The third-order valence-corrected chi connectivity index (χ3v) is 6.91. The molecule has 12 heteroatoms. The number of nitrogens with one attached hydrogen (secondary N) is 1. The molecule has 0 unspecified atom stereocenters. The first kappa shape index (κ1) is 27.2. The SMILES string of the molecule is COc1cnc2c(-c3nc4cc(F)c(O[C@@H](C)COC(=O)Nc5ccnc(CCO)c5)cc4s3)cc(C)cc2n1. The van der Waals surface area contributed by atoms with E-state index in [1.165, 1.54) is 30.7 Å². The maximum atomic E-state index is 14.9. The van der Waals surface area contributed by atoms with Gasteiger partial charge in [0.2, 0.25) is 5.88 Å². The molecule has 5 rings (SSSR count). The molecule has 0 aliphatic carbocycles. The van der Waals surface area contributed by atoms with Crippen LogP contribution in [0.1, 0.15) is 18.2 Å². The van der Waals surface area contributed by atoms with Crippen molar-refractivity contribution in [2.45, 2.75) is 26.4 Å². The quantitative estimate of drug-likeness (QED) is 0.245. The van der Waals surface area contributed by atoms with Crippen molar-refractivity contribution in [2.24, 2.45) is 0 Å². The van der Waals surface area contributed by atoms with Crippen molar-refractivity contribution >= 4 is 44.4 Å². The summed E-state index contributed by atoms with van der Waals surface area (Å²) < 4.78 is 31.9. The highest BCUT2D eigenvalue weighted by molar-refractivity contribution is 7.21. The highest BCUT2D eigenvalue weighted by Gasteiger charge is 2.18. The van der Waals surface area contributed by atoms with Crippen LogP contribution < -0.4 is 14.8 Å². The molecule has 0 radical (unpaired) electrons. The van der Waals surface area contributed by atoms with Crippen molar-refractivity contribution in [1.82, 2.24) is 19.9 Å². The van der Waals surface area contributed by atoms with Gasteiger partial charge < -0.3 is 19.3 Å². The number of halogens is 1. The molecule has 3 heterocycles. The summed E-state index contributed by atoms with van der Waals surface area (Å²) in [5.74, 6) is -0.134. The van der Waals surface area contributed by atoms with E-state index in [0.717, 1.165) is 15.8 Å². The number of aromatic nitrogens is 4. The molecule has 0 aliphatic heterocycles. The molecule has 40 heavy (non-hydrogen) atoms. The summed E-state index contributed by atoms with van der Waals surface area (Å²) in [6, 6.07) is 10.1. The minimum Gasteiger partial charge on any atom is -0.484 e. The van der Waals surface area contributed by atoms with Gasteiger partial charge in [-0.2, -0.15) is 0 Å². The zero-order valence-corrected chi connectivity index (χ0v) is 22.8. The van der Waals surface area contributed by atoms with Crippen molar-refractivity contribution in [3.63, 3.8) is 0 Å². The lowest BCUT2D eigenvalue weighted by atomic mass is 10.1. The molecular weight excluding hydrogens is 537 g/mol. The Balaban J connectivity index is 1.29. The average Bonchev–Trinajstić information content (AvgIpc) is 3.34. The molecule has 0 saturated heterocycles. The minimum atomic E-state index is -0.689. The number of hydrogen-bond acceptors (Lipinski definition) is 10. The number of amides is 1. The molecule has 0 aliphatic rings. The molecular formula is C28H26FN5O5S. The third kappa shape index (κ3) is 6.08. The van der Waals surface area contributed by atoms with Gasteiger partial charge in [-0.05, 0) is 43.7 Å². The van der Waals surface area contributed by atoms with Gasteiger partial charge in [-0.25, -0.2) is 24.1 Å². The van der Waals surface area contributed by atoms with Crippen LogP contribution in [0.25, 0.3) is 31.8 Å². The Morgan fingerprint density at radius 2 is 2.00 bits per heavy atom. The Labute approximate surface area is 232 Å². The van der Waals surface area contributed by atoms with Crippen LogP contribution in [0, 0.1) is 12.7 Å². The van der Waals surface area contributed by atoms with Crippen LogP contribution in [0.5, 0.6) is 11.6 Å². The molecule has 3 aromatic heterocycles. The van der Waals surface area contributed by atoms with Crippen LogP contribution in [0.4, 0.5) is 14.9 Å². The third-order valence-electron chi connectivity index (χ3n) is 5.86. The van der Waals surface area contributed by atoms with Gasteiger partial charge in [-0.3, -0.25) is 10.3 Å². The number of hydrogen-bond donors (Lipinski definition) is 2. The molecule has 0 bridgehead atoms. The fourth-order valence-corrected chi connectivity index (χ4v) is 5.04. The number of aliphatic hydroxyl groups is 1. The first-order valence-corrected chi connectivity index (χ1v) is 13.2. The van der Waals surface area contributed by atoms with Crippen molar-refractivity contribution in [1.29, 1.82) is 0 Å². The fraction of sp³-hybridized carbons (Fsp3) is 0.250. The molecule has 0 saturated carbocycles. The minimum absolute atomic E-state index is 0.0283. The van der Waals surface area contributed by atoms with E-state index < -0.39 is 18.0 Å². The zero-order chi connectivity index (χ0) is 28.2. The van der Waals surface area contributed by atoms with Crippen LogP contribution in [-0.2, 0) is 11.2 Å². The predicted molar refractivity (Wildman–Crippen MR) is 149 cm³/mol. The number of aryl methyl sites for hydroxylation is 1. The number of benzene rings is 2. The smallest absolute Gasteiger partial charge is 0.411 e. The first-order chi connectivity index (χ1) is 19.3. The number of carbonyl (C=O) groups is 1. The Kier molecular flexibility index (Phi) is 7.99. The molecule has 1 atom stereocenters. The number of methoxy groups -OCH3 is 1. The summed E-state index contributed by atoms with van der Waals surface area (Å²) in [4.78, 5) is 30.0. The van der Waals surface area contributed by atoms with Gasteiger partial charge in [0.1, 0.15) is 17.7 Å². The average molecular weight is 564 g/mol. The summed E-state index contributed by atoms with van der Waals surface area (Å²) in [6.45, 7) is 3.47. The molecule has 0 fully saturated rings. The molecule has 0 spiro atoms. The van der Waals surface area contributed by atoms with Crippen LogP contribution in [0.2, 0.25) is 0 Å². The summed E-state index contributed by atoms with van der Waals surface area (Å²) in [6.07, 6.45) is 2.14. The number of fused-ring (bicyclic) bond motifs is 2. The highest BCUT2D eigenvalue weighted by Crippen LogP contribution is 2.37. The zero-order valence-electron chi connectivity index (χ0n) is 22.0. The number of aliphatic hydroxyl groups excluding tert-OH is 1. The Hall–Kier alpha value is -4.42. The molecule has 206 valence electrons. The van der Waals surface area contributed by atoms with Gasteiger partial charge in [-0.15, -0.1) is 11.3 Å². The standard InChI is InChI=1S/C28H26FN5O5S/c1-15-8-19(26-22(9-15)33-25(37-3)13-31-26)27-34-21-11-20(29)23(12-24(21)40-27)39-16(2)14-38-28(36)32-18-4-6-30-17(10-18)5-7-35/h4,6,8-13,16,35H,5,7,14H2,1-3H3,(H,30,32,36)/t16-/m0/s1. The van der Waals surface area contributed by atoms with Crippen LogP contribution in [0.3, 0.4) is 0 Å². The second kappa shape index (κ2) is 11.8. The van der Waals surface area contributed by atoms with E-state index in [4.69, 9.17) is 19.3 Å². The number of carbonyl (C=O) groups excluding carboxylic acids is 1. The normalized spacial score (nSPS) is 11.9. The number of pyridine rings is 1. The van der Waals surface area contributed by atoms with E-state index in [2.05, 4.69) is 25.3 Å². The van der Waals surface area contributed by atoms with Crippen LogP contribution >= 0.6 is 11.3 Å². The van der Waals surface area contributed by atoms with Gasteiger partial charge >= 0.3 is 6.09 Å². The molecule has 5 aromatic rings. The summed E-state index contributed by atoms with van der Waals surface area (Å²) >= 11 is 1.38. The van der Waals surface area contributed by atoms with Crippen molar-refractivity contribution in [3.8, 4) is 22.2 Å². The van der Waals surface area contributed by atoms with E-state index >= 15 is 0 Å². The summed E-state index contributed by atoms with van der Waals surface area (Å²) in [7, 11) is 1.54. The van der Waals surface area contributed by atoms with Crippen LogP contribution in [-0.4, -0.2) is 57.6 Å². The Morgan fingerprint density at radius 1 is 1.15 bits per heavy atom. The lowest BCUT2D eigenvalue weighted by molar-refractivity contribution is 0.0969. The second-order valence-corrected chi connectivity index (χ2v) is 10.1. The van der Waals surface area contributed by atoms with Crippen molar-refractivity contribution < 1.29 is 28.5 Å². The van der Waals surface area contributed by atoms with E-state index in [1.807, 2.05) is 19.1 Å². The number of nitrogens with zero attached hydrogens (tertiary/aromatic N) is 4. The lowest BCUT2D eigenvalue weighted by Gasteiger charge is -2.16. The molecule has 10 nitrogen and oxygen atoms in total. The maximum absolute atomic E-state index is 14.9. The summed E-state index contributed by atoms with van der Waals surface area (Å²) in [5, 5.41) is 12.3. The van der Waals surface area contributed by atoms with Gasteiger partial charge in [0.25, 0.3) is 0 Å². The van der Waals surface area contributed by atoms with Crippen LogP contribution in [0.15, 0.2) is 48.8 Å². The lowest BCUT2D eigenvalue weighted by Crippen LogP contribution is -2.24. The number of anilines is 1. The maximum Gasteiger partial charge on any atom is 0.411 e. The Morgan fingerprint density at radius 3 is 2.80 bits per heavy atom. The Bertz CT molecular complexity index is 1700. The molecule has 2 N–H and O–H groups in total. The topological polar surface area (TPSA) is 129 Å². The molecule has 2 aromatic carbocycles. The predicted octanol–water partition coefficient (Wildman–Crippen LogP) is 5.31.